The lowest BCUT2D eigenvalue weighted by Gasteiger charge is -2.18. The second-order valence-corrected chi connectivity index (χ2v) is 8.97. The molecule has 0 amide bonds. The van der Waals surface area contributed by atoms with Crippen LogP contribution < -0.4 is 10.1 Å². The summed E-state index contributed by atoms with van der Waals surface area (Å²) >= 11 is 0. The molecular weight excluding hydrogens is 432 g/mol. The fraction of sp³-hybridized carbons (Fsp3) is 0.346. The fourth-order valence-corrected chi connectivity index (χ4v) is 4.10. The van der Waals surface area contributed by atoms with Crippen molar-refractivity contribution in [3.05, 3.63) is 65.5 Å². The highest BCUT2D eigenvalue weighted by atomic mass is 16.5. The lowest BCUT2D eigenvalue weighted by Crippen LogP contribution is -2.38. The first kappa shape index (κ1) is 23.4. The van der Waals surface area contributed by atoms with Gasteiger partial charge in [0.05, 0.1) is 11.6 Å². The number of aryl methyl sites for hydroxylation is 1. The van der Waals surface area contributed by atoms with Gasteiger partial charge in [0.2, 0.25) is 5.88 Å². The van der Waals surface area contributed by atoms with E-state index in [9.17, 15) is 14.7 Å². The van der Waals surface area contributed by atoms with Crippen LogP contribution in [0.3, 0.4) is 0 Å². The smallest absolute Gasteiger partial charge is 0.326 e. The number of allylic oxidation sites excluding steroid dienone is 2. The Hall–Kier alpha value is -3.81. The molecule has 34 heavy (non-hydrogen) atoms. The number of aliphatic carboxylic acids is 1. The minimum absolute atomic E-state index is 0.104. The number of pyridine rings is 3. The quantitative estimate of drug-likeness (QED) is 0.484. The SMILES string of the molecule is Cc1cc2ccncc2c(Oc2ccc(CC(NC3=C(CC(C)C)C(=O)CC3)C(=O)O)nc2)n1. The van der Waals surface area contributed by atoms with Crippen LogP contribution in [0.2, 0.25) is 0 Å². The Labute approximate surface area is 198 Å². The minimum atomic E-state index is -0.985. The molecule has 4 rings (SSSR count). The number of aromatic nitrogens is 3. The van der Waals surface area contributed by atoms with Crippen LogP contribution in [0.15, 0.2) is 54.1 Å². The average Bonchev–Trinajstić information content (AvgIpc) is 3.13. The molecule has 3 aromatic rings. The molecular formula is C26H28N4O4. The van der Waals surface area contributed by atoms with Gasteiger partial charge in [0, 0.05) is 47.9 Å². The number of rotatable bonds is 9. The molecule has 1 aliphatic carbocycles. The average molecular weight is 461 g/mol. The van der Waals surface area contributed by atoms with Crippen molar-refractivity contribution >= 4 is 22.5 Å². The van der Waals surface area contributed by atoms with Gasteiger partial charge in [-0.3, -0.25) is 14.8 Å². The van der Waals surface area contributed by atoms with Crippen molar-refractivity contribution in [1.82, 2.24) is 20.3 Å². The highest BCUT2D eigenvalue weighted by Crippen LogP contribution is 2.29. The van der Waals surface area contributed by atoms with Crippen molar-refractivity contribution in [2.45, 2.75) is 52.5 Å². The zero-order valence-electron chi connectivity index (χ0n) is 19.5. The Kier molecular flexibility index (Phi) is 6.86. The van der Waals surface area contributed by atoms with Crippen molar-refractivity contribution in [2.24, 2.45) is 5.92 Å². The summed E-state index contributed by atoms with van der Waals surface area (Å²) < 4.78 is 5.96. The molecule has 8 heteroatoms. The van der Waals surface area contributed by atoms with Crippen LogP contribution in [0.4, 0.5) is 0 Å². The van der Waals surface area contributed by atoms with Crippen molar-refractivity contribution in [1.29, 1.82) is 0 Å². The van der Waals surface area contributed by atoms with E-state index < -0.39 is 12.0 Å². The first-order valence-electron chi connectivity index (χ1n) is 11.4. The van der Waals surface area contributed by atoms with Crippen LogP contribution in [0.1, 0.15) is 44.5 Å². The standard InChI is InChI=1S/C26H28N4O4/c1-15(2)10-20-22(6-7-24(20)31)30-23(26(32)33)12-18-4-5-19(13-28-18)34-25-21-14-27-9-8-17(21)11-16(3)29-25/h4-5,8-9,11,13-15,23,30H,6-7,10,12H2,1-3H3,(H,32,33). The number of nitrogens with one attached hydrogen (secondary N) is 1. The van der Waals surface area contributed by atoms with Gasteiger partial charge in [0.1, 0.15) is 11.8 Å². The zero-order chi connectivity index (χ0) is 24.2. The molecule has 0 spiro atoms. The summed E-state index contributed by atoms with van der Waals surface area (Å²) in [7, 11) is 0. The van der Waals surface area contributed by atoms with E-state index in [2.05, 4.69) is 20.3 Å². The van der Waals surface area contributed by atoms with Crippen LogP contribution in [-0.4, -0.2) is 37.9 Å². The van der Waals surface area contributed by atoms with Gasteiger partial charge < -0.3 is 15.2 Å². The fourth-order valence-electron chi connectivity index (χ4n) is 4.10. The van der Waals surface area contributed by atoms with Gasteiger partial charge in [-0.05, 0) is 55.3 Å². The van der Waals surface area contributed by atoms with Crippen LogP contribution in [0.25, 0.3) is 10.8 Å². The number of hydrogen-bond acceptors (Lipinski definition) is 7. The molecule has 0 aromatic carbocycles. The van der Waals surface area contributed by atoms with E-state index >= 15 is 0 Å². The maximum atomic E-state index is 12.2. The summed E-state index contributed by atoms with van der Waals surface area (Å²) in [5, 5.41) is 14.6. The van der Waals surface area contributed by atoms with Gasteiger partial charge in [0.15, 0.2) is 5.78 Å². The summed E-state index contributed by atoms with van der Waals surface area (Å²) in [6.07, 6.45) is 6.79. The van der Waals surface area contributed by atoms with Gasteiger partial charge in [-0.15, -0.1) is 0 Å². The summed E-state index contributed by atoms with van der Waals surface area (Å²) in [5.41, 5.74) is 2.90. The number of carboxylic acid groups (broad SMARTS) is 1. The Morgan fingerprint density at radius 1 is 1.18 bits per heavy atom. The monoisotopic (exact) mass is 460 g/mol. The largest absolute Gasteiger partial charge is 0.480 e. The molecule has 2 N–H and O–H groups in total. The van der Waals surface area contributed by atoms with Gasteiger partial charge in [-0.25, -0.2) is 9.78 Å². The number of fused-ring (bicyclic) bond motifs is 1. The number of ketones is 1. The van der Waals surface area contributed by atoms with E-state index in [-0.39, 0.29) is 12.2 Å². The number of ether oxygens (including phenoxy) is 1. The lowest BCUT2D eigenvalue weighted by molar-refractivity contribution is -0.139. The Morgan fingerprint density at radius 3 is 2.71 bits per heavy atom. The predicted molar refractivity (Wildman–Crippen MR) is 128 cm³/mol. The van der Waals surface area contributed by atoms with Crippen LogP contribution >= 0.6 is 0 Å². The number of hydrogen-bond donors (Lipinski definition) is 2. The van der Waals surface area contributed by atoms with Gasteiger partial charge >= 0.3 is 5.97 Å². The highest BCUT2D eigenvalue weighted by Gasteiger charge is 2.27. The molecule has 3 aromatic heterocycles. The summed E-state index contributed by atoms with van der Waals surface area (Å²) in [6.45, 7) is 5.99. The molecule has 0 aliphatic heterocycles. The number of Topliss-reactive ketones (excluding diaryl/α,β-unsaturated/α-hetero) is 1. The molecule has 3 heterocycles. The summed E-state index contributed by atoms with van der Waals surface area (Å²) in [6, 6.07) is 6.47. The van der Waals surface area contributed by atoms with Crippen LogP contribution in [-0.2, 0) is 16.0 Å². The molecule has 0 fully saturated rings. The maximum Gasteiger partial charge on any atom is 0.326 e. The highest BCUT2D eigenvalue weighted by molar-refractivity contribution is 5.98. The lowest BCUT2D eigenvalue weighted by atomic mass is 10.0. The minimum Gasteiger partial charge on any atom is -0.480 e. The first-order chi connectivity index (χ1) is 16.3. The van der Waals surface area contributed by atoms with Crippen molar-refractivity contribution in [3.63, 3.8) is 0 Å². The summed E-state index contributed by atoms with van der Waals surface area (Å²) in [5.74, 6) is 0.379. The molecule has 1 aliphatic rings. The number of carbonyl (C=O) groups excluding carboxylic acids is 1. The van der Waals surface area contributed by atoms with E-state index in [1.807, 2.05) is 32.9 Å². The van der Waals surface area contributed by atoms with Gasteiger partial charge in [0.25, 0.3) is 0 Å². The van der Waals surface area contributed by atoms with E-state index in [4.69, 9.17) is 4.74 Å². The third kappa shape index (κ3) is 5.39. The van der Waals surface area contributed by atoms with Crippen LogP contribution in [0.5, 0.6) is 11.6 Å². The third-order valence-corrected chi connectivity index (χ3v) is 5.71. The molecule has 0 bridgehead atoms. The van der Waals surface area contributed by atoms with Crippen LogP contribution in [0, 0.1) is 12.8 Å². The predicted octanol–water partition coefficient (Wildman–Crippen LogP) is 4.37. The molecule has 0 radical (unpaired) electrons. The topological polar surface area (TPSA) is 114 Å². The van der Waals surface area contributed by atoms with Crippen molar-refractivity contribution < 1.29 is 19.4 Å². The zero-order valence-corrected chi connectivity index (χ0v) is 19.5. The number of carboxylic acids is 1. The first-order valence-corrected chi connectivity index (χ1v) is 11.4. The molecule has 8 nitrogen and oxygen atoms in total. The normalized spacial score (nSPS) is 14.6. The Bertz CT molecular complexity index is 1250. The number of carbonyl (C=O) groups is 2. The summed E-state index contributed by atoms with van der Waals surface area (Å²) in [4.78, 5) is 37.2. The van der Waals surface area contributed by atoms with Crippen molar-refractivity contribution in [2.75, 3.05) is 0 Å². The molecule has 1 atom stereocenters. The molecule has 0 saturated heterocycles. The van der Waals surface area contributed by atoms with E-state index in [1.54, 1.807) is 30.7 Å². The van der Waals surface area contributed by atoms with Gasteiger partial charge in [-0.2, -0.15) is 0 Å². The second-order valence-electron chi connectivity index (χ2n) is 8.97. The molecule has 0 saturated carbocycles. The van der Waals surface area contributed by atoms with Gasteiger partial charge in [-0.1, -0.05) is 13.8 Å². The number of nitrogens with zero attached hydrogens (tertiary/aromatic N) is 3. The molecule has 176 valence electrons. The maximum absolute atomic E-state index is 12.2. The second kappa shape index (κ2) is 9.99. The Morgan fingerprint density at radius 2 is 2.00 bits per heavy atom. The van der Waals surface area contributed by atoms with Crippen molar-refractivity contribution in [3.8, 4) is 11.6 Å². The Balaban J connectivity index is 1.49. The van der Waals surface area contributed by atoms with E-state index in [0.29, 0.717) is 42.5 Å². The third-order valence-electron chi connectivity index (χ3n) is 5.71. The molecule has 1 unspecified atom stereocenters. The van der Waals surface area contributed by atoms with E-state index in [0.717, 1.165) is 27.7 Å². The van der Waals surface area contributed by atoms with E-state index in [1.165, 1.54) is 0 Å².